The molecule has 12 heteroatoms. The number of nitrogens with one attached hydrogen (secondary N) is 1. The van der Waals surface area contributed by atoms with Crippen molar-refractivity contribution in [3.63, 3.8) is 0 Å². The van der Waals surface area contributed by atoms with Gasteiger partial charge in [0.15, 0.2) is 0 Å². The molecule has 2 aromatic heterocycles. The van der Waals surface area contributed by atoms with Crippen LogP contribution in [-0.4, -0.2) is 92.6 Å². The SMILES string of the molecule is COc1cc(-c2cnc3cc(OCCOCCN4CCOCC4)ccn23)cc(OC(F)F)c1C(=O)NC1CC1. The van der Waals surface area contributed by atoms with Gasteiger partial charge < -0.3 is 29.0 Å². The molecule has 5 rings (SSSR count). The van der Waals surface area contributed by atoms with Crippen LogP contribution in [0.25, 0.3) is 16.9 Å². The van der Waals surface area contributed by atoms with E-state index in [0.29, 0.717) is 42.5 Å². The molecule has 10 nitrogen and oxygen atoms in total. The first kappa shape index (κ1) is 27.1. The second kappa shape index (κ2) is 12.6. The molecule has 0 spiro atoms. The van der Waals surface area contributed by atoms with Gasteiger partial charge in [-0.2, -0.15) is 8.78 Å². The van der Waals surface area contributed by atoms with Gasteiger partial charge in [-0.1, -0.05) is 0 Å². The molecule has 3 heterocycles. The van der Waals surface area contributed by atoms with E-state index in [4.69, 9.17) is 23.7 Å². The average molecular weight is 547 g/mol. The van der Waals surface area contributed by atoms with Crippen molar-refractivity contribution < 1.29 is 37.3 Å². The number of ether oxygens (including phenoxy) is 5. The van der Waals surface area contributed by atoms with E-state index in [2.05, 4.69) is 15.2 Å². The molecule has 2 fully saturated rings. The van der Waals surface area contributed by atoms with Crippen molar-refractivity contribution in [2.24, 2.45) is 0 Å². The topological polar surface area (TPSA) is 95.8 Å². The summed E-state index contributed by atoms with van der Waals surface area (Å²) in [6, 6.07) is 6.62. The van der Waals surface area contributed by atoms with Crippen LogP contribution in [0.1, 0.15) is 23.2 Å². The number of rotatable bonds is 13. The van der Waals surface area contributed by atoms with E-state index in [1.807, 2.05) is 0 Å². The Morgan fingerprint density at radius 1 is 1.15 bits per heavy atom. The number of halogens is 2. The number of morpholine rings is 1. The number of hydrogen-bond acceptors (Lipinski definition) is 8. The molecule has 0 radical (unpaired) electrons. The number of carbonyl (C=O) groups is 1. The quantitative estimate of drug-likeness (QED) is 0.327. The standard InChI is InChI=1S/C27H32F2N4O6/c1-35-22-14-18(15-23(39-27(28)29)25(22)26(34)31-19-2-3-19)21-17-30-24-16-20(4-5-33(21)24)38-13-12-37-11-8-32-6-9-36-10-7-32/h4-5,14-17,19,27H,2-3,6-13H2,1H3,(H,31,34). The highest BCUT2D eigenvalue weighted by Crippen LogP contribution is 2.37. The van der Waals surface area contributed by atoms with Crippen LogP contribution in [0.4, 0.5) is 8.78 Å². The molecule has 0 unspecified atom stereocenters. The molecule has 1 aliphatic carbocycles. The van der Waals surface area contributed by atoms with Crippen molar-refractivity contribution in [3.8, 4) is 28.5 Å². The molecular weight excluding hydrogens is 514 g/mol. The lowest BCUT2D eigenvalue weighted by Gasteiger charge is -2.26. The largest absolute Gasteiger partial charge is 0.496 e. The molecule has 2 aliphatic rings. The number of benzene rings is 1. The van der Waals surface area contributed by atoms with Crippen LogP contribution in [0.5, 0.6) is 17.2 Å². The Bertz CT molecular complexity index is 1280. The molecule has 1 N–H and O–H groups in total. The van der Waals surface area contributed by atoms with Gasteiger partial charge in [0, 0.05) is 43.5 Å². The van der Waals surface area contributed by atoms with Gasteiger partial charge in [-0.05, 0) is 31.0 Å². The van der Waals surface area contributed by atoms with Crippen molar-refractivity contribution in [2.45, 2.75) is 25.5 Å². The van der Waals surface area contributed by atoms with Gasteiger partial charge in [-0.15, -0.1) is 0 Å². The van der Waals surface area contributed by atoms with Gasteiger partial charge in [0.05, 0.1) is 45.4 Å². The van der Waals surface area contributed by atoms with E-state index in [1.54, 1.807) is 35.0 Å². The van der Waals surface area contributed by atoms with Crippen molar-refractivity contribution in [1.82, 2.24) is 19.6 Å². The predicted molar refractivity (Wildman–Crippen MR) is 138 cm³/mol. The molecule has 210 valence electrons. The second-order valence-electron chi connectivity index (χ2n) is 9.33. The number of fused-ring (bicyclic) bond motifs is 1. The van der Waals surface area contributed by atoms with E-state index in [-0.39, 0.29) is 23.1 Å². The van der Waals surface area contributed by atoms with Crippen LogP contribution in [-0.2, 0) is 9.47 Å². The summed E-state index contributed by atoms with van der Waals surface area (Å²) in [5.74, 6) is -0.0183. The van der Waals surface area contributed by atoms with E-state index in [0.717, 1.165) is 45.7 Å². The minimum Gasteiger partial charge on any atom is -0.496 e. The Morgan fingerprint density at radius 2 is 1.95 bits per heavy atom. The van der Waals surface area contributed by atoms with Crippen LogP contribution in [0.15, 0.2) is 36.7 Å². The van der Waals surface area contributed by atoms with Crippen LogP contribution >= 0.6 is 0 Å². The molecule has 1 amide bonds. The maximum Gasteiger partial charge on any atom is 0.387 e. The Labute approximate surface area is 224 Å². The van der Waals surface area contributed by atoms with Gasteiger partial charge in [-0.25, -0.2) is 4.98 Å². The molecule has 39 heavy (non-hydrogen) atoms. The molecule has 1 aliphatic heterocycles. The minimum atomic E-state index is -3.11. The Balaban J connectivity index is 1.26. The smallest absolute Gasteiger partial charge is 0.387 e. The summed E-state index contributed by atoms with van der Waals surface area (Å²) in [5.41, 5.74) is 1.64. The first-order valence-electron chi connectivity index (χ1n) is 13.0. The van der Waals surface area contributed by atoms with Crippen molar-refractivity contribution in [2.75, 3.05) is 59.8 Å². The number of hydrogen-bond donors (Lipinski definition) is 1. The molecule has 1 saturated heterocycles. The third-order valence-corrected chi connectivity index (χ3v) is 6.57. The Hall–Kier alpha value is -3.48. The summed E-state index contributed by atoms with van der Waals surface area (Å²) in [6.07, 6.45) is 5.10. The number of pyridine rings is 1. The summed E-state index contributed by atoms with van der Waals surface area (Å²) >= 11 is 0. The van der Waals surface area contributed by atoms with Gasteiger partial charge in [0.1, 0.15) is 35.1 Å². The number of amides is 1. The van der Waals surface area contributed by atoms with Gasteiger partial charge >= 0.3 is 6.61 Å². The molecule has 0 bridgehead atoms. The predicted octanol–water partition coefficient (Wildman–Crippen LogP) is 3.23. The summed E-state index contributed by atoms with van der Waals surface area (Å²) in [4.78, 5) is 19.5. The monoisotopic (exact) mass is 546 g/mol. The third kappa shape index (κ3) is 6.94. The fourth-order valence-corrected chi connectivity index (χ4v) is 4.40. The molecule has 1 aromatic carbocycles. The average Bonchev–Trinajstić information content (AvgIpc) is 3.65. The maximum atomic E-state index is 13.3. The fraction of sp³-hybridized carbons (Fsp3) is 0.481. The fourth-order valence-electron chi connectivity index (χ4n) is 4.40. The highest BCUT2D eigenvalue weighted by Gasteiger charge is 2.29. The lowest BCUT2D eigenvalue weighted by atomic mass is 10.1. The van der Waals surface area contributed by atoms with Crippen molar-refractivity contribution in [3.05, 3.63) is 42.2 Å². The van der Waals surface area contributed by atoms with E-state index >= 15 is 0 Å². The molecular formula is C27H32F2N4O6. The first-order valence-corrected chi connectivity index (χ1v) is 13.0. The van der Waals surface area contributed by atoms with E-state index in [1.165, 1.54) is 13.2 Å². The summed E-state index contributed by atoms with van der Waals surface area (Å²) in [7, 11) is 1.38. The van der Waals surface area contributed by atoms with Gasteiger partial charge in [-0.3, -0.25) is 14.1 Å². The number of methoxy groups -OCH3 is 1. The lowest BCUT2D eigenvalue weighted by molar-refractivity contribution is -0.0502. The number of aromatic nitrogens is 2. The maximum absolute atomic E-state index is 13.3. The summed E-state index contributed by atoms with van der Waals surface area (Å²) < 4.78 is 55.3. The zero-order valence-corrected chi connectivity index (χ0v) is 21.7. The third-order valence-electron chi connectivity index (χ3n) is 6.57. The van der Waals surface area contributed by atoms with Gasteiger partial charge in [0.25, 0.3) is 5.91 Å². The second-order valence-corrected chi connectivity index (χ2v) is 9.33. The number of imidazole rings is 1. The minimum absolute atomic E-state index is 0.0399. The lowest BCUT2D eigenvalue weighted by Crippen LogP contribution is -2.38. The first-order chi connectivity index (χ1) is 19.0. The van der Waals surface area contributed by atoms with Crippen molar-refractivity contribution >= 4 is 11.6 Å². The van der Waals surface area contributed by atoms with Crippen LogP contribution < -0.4 is 19.5 Å². The summed E-state index contributed by atoms with van der Waals surface area (Å²) in [5, 5.41) is 2.80. The Kier molecular flexibility index (Phi) is 8.74. The normalized spacial score (nSPS) is 16.0. The van der Waals surface area contributed by atoms with Crippen LogP contribution in [0.2, 0.25) is 0 Å². The van der Waals surface area contributed by atoms with Crippen LogP contribution in [0, 0.1) is 0 Å². The Morgan fingerprint density at radius 3 is 2.69 bits per heavy atom. The number of carbonyl (C=O) groups excluding carboxylic acids is 1. The van der Waals surface area contributed by atoms with E-state index < -0.39 is 12.5 Å². The highest BCUT2D eigenvalue weighted by molar-refractivity contribution is 6.01. The van der Waals surface area contributed by atoms with E-state index in [9.17, 15) is 13.6 Å². The number of alkyl halides is 2. The van der Waals surface area contributed by atoms with Gasteiger partial charge in [0.2, 0.25) is 0 Å². The van der Waals surface area contributed by atoms with Crippen LogP contribution in [0.3, 0.4) is 0 Å². The molecule has 0 atom stereocenters. The summed E-state index contributed by atoms with van der Waals surface area (Å²) in [6.45, 7) is 2.64. The zero-order valence-electron chi connectivity index (χ0n) is 21.7. The zero-order chi connectivity index (χ0) is 27.2. The van der Waals surface area contributed by atoms with Crippen molar-refractivity contribution in [1.29, 1.82) is 0 Å². The molecule has 1 saturated carbocycles. The molecule has 3 aromatic rings. The highest BCUT2D eigenvalue weighted by atomic mass is 19.3. The number of nitrogens with zero attached hydrogens (tertiary/aromatic N) is 3.